The van der Waals surface area contributed by atoms with E-state index in [2.05, 4.69) is 10.6 Å². The van der Waals surface area contributed by atoms with Gasteiger partial charge < -0.3 is 9.47 Å². The van der Waals surface area contributed by atoms with Crippen molar-refractivity contribution in [1.82, 2.24) is 0 Å². The molecule has 0 unspecified atom stereocenters. The highest BCUT2D eigenvalue weighted by Crippen LogP contribution is 2.43. The molecule has 2 aliphatic carbocycles. The predicted molar refractivity (Wildman–Crippen MR) is 151 cm³/mol. The van der Waals surface area contributed by atoms with E-state index in [1.54, 1.807) is 24.3 Å². The zero-order chi connectivity index (χ0) is 29.7. The lowest BCUT2D eigenvalue weighted by Gasteiger charge is -2.26. The van der Waals surface area contributed by atoms with Gasteiger partial charge in [0.15, 0.2) is 23.1 Å². The number of hydrogen-bond donors (Lipinski definition) is 2. The Bertz CT molecular complexity index is 1790. The Morgan fingerprint density at radius 3 is 1.07 bits per heavy atom. The predicted octanol–water partition coefficient (Wildman–Crippen LogP) is 5.26. The van der Waals surface area contributed by atoms with E-state index in [9.17, 15) is 28.8 Å². The summed E-state index contributed by atoms with van der Waals surface area (Å²) in [6, 6.07) is 18.4. The van der Waals surface area contributed by atoms with Crippen molar-refractivity contribution in [1.29, 1.82) is 0 Å². The fourth-order valence-electron chi connectivity index (χ4n) is 5.42. The third-order valence-corrected chi connectivity index (χ3v) is 7.29. The Balaban J connectivity index is 1.67. The molecule has 4 aromatic rings. The lowest BCUT2D eigenvalue weighted by atomic mass is 9.75. The lowest BCUT2D eigenvalue weighted by Crippen LogP contribution is -2.26. The van der Waals surface area contributed by atoms with Crippen LogP contribution in [0.15, 0.2) is 72.8 Å². The van der Waals surface area contributed by atoms with Gasteiger partial charge in [-0.3, -0.25) is 29.8 Å². The number of ketones is 4. The summed E-state index contributed by atoms with van der Waals surface area (Å²) in [5.41, 5.74) is 0.797. The van der Waals surface area contributed by atoms with Gasteiger partial charge in [-0.1, -0.05) is 60.7 Å². The molecule has 2 aliphatic rings. The zero-order valence-corrected chi connectivity index (χ0v) is 22.2. The van der Waals surface area contributed by atoms with Crippen molar-refractivity contribution in [2.45, 2.75) is 0 Å². The minimum Gasteiger partial charge on any atom is -0.453 e. The molecule has 10 nitrogen and oxygen atoms in total. The Morgan fingerprint density at radius 1 is 0.452 bits per heavy atom. The van der Waals surface area contributed by atoms with E-state index in [4.69, 9.17) is 9.47 Å². The molecule has 0 saturated heterocycles. The van der Waals surface area contributed by atoms with E-state index in [1.165, 1.54) is 48.5 Å². The van der Waals surface area contributed by atoms with E-state index in [0.29, 0.717) is 0 Å². The first-order valence-electron chi connectivity index (χ1n) is 12.7. The van der Waals surface area contributed by atoms with E-state index < -0.39 is 35.3 Å². The van der Waals surface area contributed by atoms with Crippen LogP contribution in [0.3, 0.4) is 0 Å². The third kappa shape index (κ3) is 3.88. The first-order valence-corrected chi connectivity index (χ1v) is 12.7. The van der Waals surface area contributed by atoms with Crippen LogP contribution in [-0.2, 0) is 9.47 Å². The topological polar surface area (TPSA) is 145 Å². The molecule has 4 aromatic carbocycles. The summed E-state index contributed by atoms with van der Waals surface area (Å²) in [5, 5.41) is 4.98. The summed E-state index contributed by atoms with van der Waals surface area (Å²) < 4.78 is 9.41. The van der Waals surface area contributed by atoms with Gasteiger partial charge in [-0.25, -0.2) is 9.59 Å². The summed E-state index contributed by atoms with van der Waals surface area (Å²) in [6.07, 6.45) is -1.70. The van der Waals surface area contributed by atoms with Crippen LogP contribution in [0.4, 0.5) is 21.0 Å². The average molecular weight is 561 g/mol. The molecule has 206 valence electrons. The molecule has 0 aliphatic heterocycles. The summed E-state index contributed by atoms with van der Waals surface area (Å²) >= 11 is 0. The lowest BCUT2D eigenvalue weighted by molar-refractivity contribution is 0.0978. The molecule has 10 heteroatoms. The fourth-order valence-corrected chi connectivity index (χ4v) is 5.42. The first-order chi connectivity index (χ1) is 20.3. The van der Waals surface area contributed by atoms with Crippen LogP contribution >= 0.6 is 0 Å². The Morgan fingerprint density at radius 2 is 0.762 bits per heavy atom. The van der Waals surface area contributed by atoms with Crippen LogP contribution in [0.1, 0.15) is 63.7 Å². The minimum absolute atomic E-state index is 0.0408. The second-order valence-electron chi connectivity index (χ2n) is 9.46. The second-order valence-corrected chi connectivity index (χ2v) is 9.46. The van der Waals surface area contributed by atoms with Crippen molar-refractivity contribution < 1.29 is 38.2 Å². The fraction of sp³-hybridized carbons (Fsp3) is 0.0625. The van der Waals surface area contributed by atoms with Crippen molar-refractivity contribution in [3.8, 4) is 11.1 Å². The molecule has 0 atom stereocenters. The number of hydrogen-bond acceptors (Lipinski definition) is 8. The highest BCUT2D eigenvalue weighted by molar-refractivity contribution is 6.35. The smallest absolute Gasteiger partial charge is 0.411 e. The maximum absolute atomic E-state index is 14.0. The zero-order valence-electron chi connectivity index (χ0n) is 22.2. The molecule has 0 saturated carbocycles. The number of anilines is 2. The number of methoxy groups -OCH3 is 2. The van der Waals surface area contributed by atoms with Crippen LogP contribution in [0.5, 0.6) is 0 Å². The highest BCUT2D eigenvalue weighted by Gasteiger charge is 2.38. The van der Waals surface area contributed by atoms with Gasteiger partial charge >= 0.3 is 12.2 Å². The number of fused-ring (bicyclic) bond motifs is 4. The number of carbonyl (C=O) groups is 6. The molecule has 0 heterocycles. The summed E-state index contributed by atoms with van der Waals surface area (Å²) in [5.74, 6) is -2.05. The van der Waals surface area contributed by atoms with Gasteiger partial charge in [0.25, 0.3) is 0 Å². The van der Waals surface area contributed by atoms with Crippen molar-refractivity contribution in [2.24, 2.45) is 0 Å². The van der Waals surface area contributed by atoms with Crippen molar-refractivity contribution in [3.05, 3.63) is 117 Å². The Labute approximate surface area is 238 Å². The molecule has 0 aromatic heterocycles. The molecule has 42 heavy (non-hydrogen) atoms. The van der Waals surface area contributed by atoms with E-state index in [0.717, 1.165) is 14.2 Å². The second kappa shape index (κ2) is 9.93. The molecule has 0 spiro atoms. The monoisotopic (exact) mass is 560 g/mol. The highest BCUT2D eigenvalue weighted by atomic mass is 16.5. The maximum Gasteiger partial charge on any atom is 0.411 e. The quantitative estimate of drug-likeness (QED) is 0.298. The SMILES string of the molecule is COC(=O)Nc1ccc(-c2ccc(NC(=O)OC)c3c2C(=O)c2ccccc2C3=O)c2c1C(=O)c1ccccc1C2=O. The van der Waals surface area contributed by atoms with E-state index in [1.807, 2.05) is 0 Å². The van der Waals surface area contributed by atoms with Gasteiger partial charge in [0.1, 0.15) is 0 Å². The largest absolute Gasteiger partial charge is 0.453 e. The van der Waals surface area contributed by atoms with Crippen LogP contribution in [-0.4, -0.2) is 49.5 Å². The van der Waals surface area contributed by atoms with Crippen molar-refractivity contribution in [2.75, 3.05) is 24.9 Å². The first kappa shape index (κ1) is 26.3. The number of benzene rings is 4. The molecular formula is C32H20N2O8. The molecule has 2 N–H and O–H groups in total. The molecule has 2 amide bonds. The molecule has 0 fully saturated rings. The number of rotatable bonds is 3. The Hall–Kier alpha value is -5.90. The normalized spacial score (nSPS) is 12.9. The summed E-state index contributed by atoms with van der Waals surface area (Å²) in [7, 11) is 2.32. The van der Waals surface area contributed by atoms with Gasteiger partial charge in [0.2, 0.25) is 0 Å². The maximum atomic E-state index is 14.0. The Kier molecular flexibility index (Phi) is 6.23. The third-order valence-electron chi connectivity index (χ3n) is 7.29. The molecule has 0 radical (unpaired) electrons. The van der Waals surface area contributed by atoms with Gasteiger partial charge in [0.05, 0.1) is 36.7 Å². The van der Waals surface area contributed by atoms with Gasteiger partial charge in [-0.15, -0.1) is 0 Å². The number of ether oxygens (including phenoxy) is 2. The van der Waals surface area contributed by atoms with E-state index in [-0.39, 0.29) is 67.0 Å². The minimum atomic E-state index is -0.850. The number of amides is 2. The van der Waals surface area contributed by atoms with Gasteiger partial charge in [0, 0.05) is 33.4 Å². The van der Waals surface area contributed by atoms with E-state index >= 15 is 0 Å². The molecule has 0 bridgehead atoms. The standard InChI is InChI=1S/C32H20N2O8/c1-41-31(39)33-21-13-11-15(23-25(21)29(37)19-9-5-3-7-17(19)27(23)35)16-12-14-22(34-32(40)42-2)26-24(16)28(36)18-8-4-6-10-20(18)30(26)38/h3-14H,1-2H3,(H,33,39)(H,34,40). The summed E-state index contributed by atoms with van der Waals surface area (Å²) in [6.45, 7) is 0. The molecule has 6 rings (SSSR count). The van der Waals surface area contributed by atoms with Gasteiger partial charge in [-0.2, -0.15) is 0 Å². The van der Waals surface area contributed by atoms with Crippen LogP contribution in [0.2, 0.25) is 0 Å². The van der Waals surface area contributed by atoms with Crippen LogP contribution in [0, 0.1) is 0 Å². The van der Waals surface area contributed by atoms with Crippen LogP contribution < -0.4 is 10.6 Å². The van der Waals surface area contributed by atoms with Crippen molar-refractivity contribution >= 4 is 46.7 Å². The van der Waals surface area contributed by atoms with Crippen LogP contribution in [0.25, 0.3) is 11.1 Å². The summed E-state index contributed by atoms with van der Waals surface area (Å²) in [4.78, 5) is 79.8. The molecular weight excluding hydrogens is 540 g/mol. The van der Waals surface area contributed by atoms with Crippen molar-refractivity contribution in [3.63, 3.8) is 0 Å². The van der Waals surface area contributed by atoms with Gasteiger partial charge in [-0.05, 0) is 23.3 Å². The average Bonchev–Trinajstić information content (AvgIpc) is 3.02. The number of carbonyl (C=O) groups excluding carboxylic acids is 6. The number of nitrogens with one attached hydrogen (secondary N) is 2.